The van der Waals surface area contributed by atoms with Gasteiger partial charge in [-0.05, 0) is 42.7 Å². The molecule has 0 radical (unpaired) electrons. The fourth-order valence-corrected chi connectivity index (χ4v) is 2.16. The van der Waals surface area contributed by atoms with E-state index in [0.29, 0.717) is 5.92 Å². The lowest BCUT2D eigenvalue weighted by atomic mass is 9.93. The standard InChI is InChI=1S/C15H22O2/c1-3-13(4-2)14-10-8-12(9-11-14)6-5-7-15(16)17/h8-11,13H,3-7H2,1-2H3,(H,16,17). The van der Waals surface area contributed by atoms with Crippen molar-refractivity contribution >= 4 is 5.97 Å². The molecule has 0 amide bonds. The van der Waals surface area contributed by atoms with E-state index in [1.54, 1.807) is 0 Å². The third kappa shape index (κ3) is 4.59. The number of carbonyl (C=O) groups is 1. The number of aliphatic carboxylic acids is 1. The Labute approximate surface area is 104 Å². The van der Waals surface area contributed by atoms with Crippen LogP contribution in [-0.4, -0.2) is 11.1 Å². The molecule has 1 aromatic carbocycles. The number of benzene rings is 1. The van der Waals surface area contributed by atoms with Crippen LogP contribution in [0.1, 0.15) is 56.6 Å². The Kier molecular flexibility index (Phi) is 5.75. The van der Waals surface area contributed by atoms with Gasteiger partial charge in [-0.3, -0.25) is 4.79 Å². The maximum Gasteiger partial charge on any atom is 0.303 e. The Balaban J connectivity index is 2.52. The van der Waals surface area contributed by atoms with E-state index in [-0.39, 0.29) is 6.42 Å². The molecule has 0 aliphatic carbocycles. The Morgan fingerprint density at radius 2 is 1.76 bits per heavy atom. The third-order valence-corrected chi connectivity index (χ3v) is 3.29. The normalized spacial score (nSPS) is 10.8. The molecule has 2 heteroatoms. The van der Waals surface area contributed by atoms with Gasteiger partial charge in [-0.2, -0.15) is 0 Å². The molecule has 0 fully saturated rings. The van der Waals surface area contributed by atoms with Crippen molar-refractivity contribution in [3.63, 3.8) is 0 Å². The van der Waals surface area contributed by atoms with Gasteiger partial charge in [0.05, 0.1) is 0 Å². The molecule has 0 aliphatic heterocycles. The Bertz CT molecular complexity index is 336. The van der Waals surface area contributed by atoms with Crippen molar-refractivity contribution in [2.75, 3.05) is 0 Å². The zero-order valence-corrected chi connectivity index (χ0v) is 10.8. The van der Waals surface area contributed by atoms with E-state index in [1.165, 1.54) is 24.0 Å². The van der Waals surface area contributed by atoms with Crippen LogP contribution in [0.2, 0.25) is 0 Å². The minimum absolute atomic E-state index is 0.258. The van der Waals surface area contributed by atoms with Crippen molar-refractivity contribution in [1.82, 2.24) is 0 Å². The number of rotatable bonds is 7. The minimum atomic E-state index is -0.710. The summed E-state index contributed by atoms with van der Waals surface area (Å²) in [6.07, 6.45) is 4.19. The summed E-state index contributed by atoms with van der Waals surface area (Å²) in [5, 5.41) is 8.57. The first-order valence-corrected chi connectivity index (χ1v) is 6.48. The number of aryl methyl sites for hydroxylation is 1. The van der Waals surface area contributed by atoms with Gasteiger partial charge < -0.3 is 5.11 Å². The second kappa shape index (κ2) is 7.10. The van der Waals surface area contributed by atoms with E-state index in [0.717, 1.165) is 12.8 Å². The first-order chi connectivity index (χ1) is 8.17. The van der Waals surface area contributed by atoms with Gasteiger partial charge >= 0.3 is 5.97 Å². The summed E-state index contributed by atoms with van der Waals surface area (Å²) in [5.74, 6) is -0.0540. The predicted molar refractivity (Wildman–Crippen MR) is 70.3 cm³/mol. The summed E-state index contributed by atoms with van der Waals surface area (Å²) in [6, 6.07) is 8.65. The number of hydrogen-bond acceptors (Lipinski definition) is 1. The molecular formula is C15H22O2. The monoisotopic (exact) mass is 234 g/mol. The van der Waals surface area contributed by atoms with Crippen molar-refractivity contribution in [2.45, 2.75) is 51.9 Å². The Morgan fingerprint density at radius 3 is 2.24 bits per heavy atom. The fourth-order valence-electron chi connectivity index (χ4n) is 2.16. The molecule has 0 aliphatic rings. The van der Waals surface area contributed by atoms with Crippen LogP contribution in [0.5, 0.6) is 0 Å². The zero-order valence-electron chi connectivity index (χ0n) is 10.8. The average Bonchev–Trinajstić information content (AvgIpc) is 2.32. The average molecular weight is 234 g/mol. The smallest absolute Gasteiger partial charge is 0.303 e. The van der Waals surface area contributed by atoms with Crippen molar-refractivity contribution in [3.8, 4) is 0 Å². The highest BCUT2D eigenvalue weighted by molar-refractivity contribution is 5.66. The third-order valence-electron chi connectivity index (χ3n) is 3.29. The predicted octanol–water partition coefficient (Wildman–Crippen LogP) is 4.00. The SMILES string of the molecule is CCC(CC)c1ccc(CCCC(=O)O)cc1. The zero-order chi connectivity index (χ0) is 12.7. The first-order valence-electron chi connectivity index (χ1n) is 6.48. The number of hydrogen-bond donors (Lipinski definition) is 1. The van der Waals surface area contributed by atoms with Crippen molar-refractivity contribution in [1.29, 1.82) is 0 Å². The van der Waals surface area contributed by atoms with Crippen LogP contribution in [0.3, 0.4) is 0 Å². The summed E-state index contributed by atoms with van der Waals surface area (Å²) < 4.78 is 0. The van der Waals surface area contributed by atoms with Crippen molar-refractivity contribution in [3.05, 3.63) is 35.4 Å². The maximum atomic E-state index is 10.4. The number of carboxylic acid groups (broad SMARTS) is 1. The molecule has 94 valence electrons. The Hall–Kier alpha value is -1.31. The van der Waals surface area contributed by atoms with Gasteiger partial charge in [0, 0.05) is 6.42 Å². The van der Waals surface area contributed by atoms with Crippen molar-refractivity contribution < 1.29 is 9.90 Å². The molecule has 0 saturated carbocycles. The molecule has 0 atom stereocenters. The molecule has 1 aromatic rings. The van der Waals surface area contributed by atoms with Gasteiger partial charge in [-0.1, -0.05) is 38.1 Å². The number of carboxylic acids is 1. The molecule has 0 bridgehead atoms. The van der Waals surface area contributed by atoms with E-state index in [9.17, 15) is 4.79 Å². The van der Waals surface area contributed by atoms with Crippen LogP contribution < -0.4 is 0 Å². The van der Waals surface area contributed by atoms with Gasteiger partial charge in [0.25, 0.3) is 0 Å². The summed E-state index contributed by atoms with van der Waals surface area (Å²) in [5.41, 5.74) is 2.64. The summed E-state index contributed by atoms with van der Waals surface area (Å²) in [6.45, 7) is 4.43. The lowest BCUT2D eigenvalue weighted by Crippen LogP contribution is -1.97. The maximum absolute atomic E-state index is 10.4. The van der Waals surface area contributed by atoms with E-state index in [2.05, 4.69) is 38.1 Å². The van der Waals surface area contributed by atoms with E-state index in [1.807, 2.05) is 0 Å². The minimum Gasteiger partial charge on any atom is -0.481 e. The van der Waals surface area contributed by atoms with E-state index < -0.39 is 5.97 Å². The molecule has 0 heterocycles. The first kappa shape index (κ1) is 13.8. The Morgan fingerprint density at radius 1 is 1.18 bits per heavy atom. The molecule has 2 nitrogen and oxygen atoms in total. The van der Waals surface area contributed by atoms with Crippen LogP contribution >= 0.6 is 0 Å². The van der Waals surface area contributed by atoms with Crippen LogP contribution in [-0.2, 0) is 11.2 Å². The quantitative estimate of drug-likeness (QED) is 0.774. The van der Waals surface area contributed by atoms with Gasteiger partial charge in [0.1, 0.15) is 0 Å². The second-order valence-electron chi connectivity index (χ2n) is 4.50. The highest BCUT2D eigenvalue weighted by Crippen LogP contribution is 2.23. The van der Waals surface area contributed by atoms with Gasteiger partial charge in [-0.25, -0.2) is 0 Å². The van der Waals surface area contributed by atoms with Crippen LogP contribution in [0, 0.1) is 0 Å². The molecular weight excluding hydrogens is 212 g/mol. The molecule has 0 unspecified atom stereocenters. The van der Waals surface area contributed by atoms with E-state index >= 15 is 0 Å². The topological polar surface area (TPSA) is 37.3 Å². The largest absolute Gasteiger partial charge is 0.481 e. The summed E-state index contributed by atoms with van der Waals surface area (Å²) >= 11 is 0. The lowest BCUT2D eigenvalue weighted by Gasteiger charge is -2.13. The van der Waals surface area contributed by atoms with Crippen molar-refractivity contribution in [2.24, 2.45) is 0 Å². The summed E-state index contributed by atoms with van der Waals surface area (Å²) in [4.78, 5) is 10.4. The lowest BCUT2D eigenvalue weighted by molar-refractivity contribution is -0.137. The highest BCUT2D eigenvalue weighted by atomic mass is 16.4. The van der Waals surface area contributed by atoms with Gasteiger partial charge in [-0.15, -0.1) is 0 Å². The van der Waals surface area contributed by atoms with Gasteiger partial charge in [0.2, 0.25) is 0 Å². The molecule has 0 aromatic heterocycles. The molecule has 0 saturated heterocycles. The van der Waals surface area contributed by atoms with E-state index in [4.69, 9.17) is 5.11 Å². The fraction of sp³-hybridized carbons (Fsp3) is 0.533. The summed E-state index contributed by atoms with van der Waals surface area (Å²) in [7, 11) is 0. The molecule has 17 heavy (non-hydrogen) atoms. The highest BCUT2D eigenvalue weighted by Gasteiger charge is 2.06. The van der Waals surface area contributed by atoms with Crippen LogP contribution in [0.25, 0.3) is 0 Å². The van der Waals surface area contributed by atoms with Gasteiger partial charge in [0.15, 0.2) is 0 Å². The molecule has 1 N–H and O–H groups in total. The molecule has 1 rings (SSSR count). The van der Waals surface area contributed by atoms with Crippen LogP contribution in [0.4, 0.5) is 0 Å². The second-order valence-corrected chi connectivity index (χ2v) is 4.50. The molecule has 0 spiro atoms. The van der Waals surface area contributed by atoms with Crippen LogP contribution in [0.15, 0.2) is 24.3 Å².